The van der Waals surface area contributed by atoms with Crippen molar-refractivity contribution in [3.63, 3.8) is 0 Å². The first kappa shape index (κ1) is 11.9. The number of rotatable bonds is 3. The summed E-state index contributed by atoms with van der Waals surface area (Å²) in [7, 11) is 0. The Morgan fingerprint density at radius 2 is 2.06 bits per heavy atom. The second-order valence-corrected chi connectivity index (χ2v) is 5.43. The van der Waals surface area contributed by atoms with Gasteiger partial charge >= 0.3 is 0 Å². The zero-order chi connectivity index (χ0) is 11.4. The standard InChI is InChI=1S/C12H17BrN2O/c13-10-6-11(8-14-7-10)15-12(9-16)4-2-1-3-5-12/h6-8,15-16H,1-5,9H2. The van der Waals surface area contributed by atoms with Crippen LogP contribution in [0, 0.1) is 0 Å². The van der Waals surface area contributed by atoms with E-state index >= 15 is 0 Å². The Bertz CT molecular complexity index is 351. The fourth-order valence-electron chi connectivity index (χ4n) is 2.34. The molecule has 2 N–H and O–H groups in total. The number of halogens is 1. The molecule has 0 spiro atoms. The van der Waals surface area contributed by atoms with Gasteiger partial charge in [-0.05, 0) is 34.8 Å². The molecule has 2 rings (SSSR count). The molecule has 0 bridgehead atoms. The lowest BCUT2D eigenvalue weighted by atomic mass is 9.82. The zero-order valence-corrected chi connectivity index (χ0v) is 10.8. The molecule has 0 radical (unpaired) electrons. The summed E-state index contributed by atoms with van der Waals surface area (Å²) >= 11 is 3.40. The van der Waals surface area contributed by atoms with E-state index in [0.717, 1.165) is 23.0 Å². The molecule has 88 valence electrons. The molecular formula is C12H17BrN2O. The van der Waals surface area contributed by atoms with Crippen LogP contribution in [-0.2, 0) is 0 Å². The maximum absolute atomic E-state index is 9.58. The van der Waals surface area contributed by atoms with Gasteiger partial charge < -0.3 is 10.4 Å². The van der Waals surface area contributed by atoms with Crippen LogP contribution >= 0.6 is 15.9 Å². The molecule has 1 aromatic heterocycles. The van der Waals surface area contributed by atoms with Crippen molar-refractivity contribution in [2.45, 2.75) is 37.6 Å². The highest BCUT2D eigenvalue weighted by Crippen LogP contribution is 2.31. The molecule has 16 heavy (non-hydrogen) atoms. The minimum absolute atomic E-state index is 0.138. The van der Waals surface area contributed by atoms with Gasteiger partial charge in [-0.2, -0.15) is 0 Å². The van der Waals surface area contributed by atoms with E-state index < -0.39 is 0 Å². The molecule has 1 aliphatic carbocycles. The maximum atomic E-state index is 9.58. The normalized spacial score (nSPS) is 19.4. The molecule has 0 aromatic carbocycles. The van der Waals surface area contributed by atoms with Crippen LogP contribution in [0.4, 0.5) is 5.69 Å². The van der Waals surface area contributed by atoms with Crippen LogP contribution in [-0.4, -0.2) is 22.2 Å². The highest BCUT2D eigenvalue weighted by Gasteiger charge is 2.31. The number of hydrogen-bond donors (Lipinski definition) is 2. The van der Waals surface area contributed by atoms with Crippen molar-refractivity contribution < 1.29 is 5.11 Å². The highest BCUT2D eigenvalue weighted by molar-refractivity contribution is 9.10. The third-order valence-electron chi connectivity index (χ3n) is 3.23. The number of aliphatic hydroxyl groups is 1. The lowest BCUT2D eigenvalue weighted by Crippen LogP contribution is -2.43. The second kappa shape index (κ2) is 5.15. The first-order valence-electron chi connectivity index (χ1n) is 5.74. The molecule has 1 aromatic rings. The van der Waals surface area contributed by atoms with E-state index in [1.165, 1.54) is 19.3 Å². The Morgan fingerprint density at radius 3 is 2.69 bits per heavy atom. The Kier molecular flexibility index (Phi) is 3.82. The summed E-state index contributed by atoms with van der Waals surface area (Å²) in [4.78, 5) is 4.12. The Labute approximate surface area is 104 Å². The van der Waals surface area contributed by atoms with Crippen LogP contribution in [0.15, 0.2) is 22.9 Å². The lowest BCUT2D eigenvalue weighted by molar-refractivity contribution is 0.173. The predicted molar refractivity (Wildman–Crippen MR) is 68.5 cm³/mol. The van der Waals surface area contributed by atoms with E-state index in [9.17, 15) is 5.11 Å². The van der Waals surface area contributed by atoms with Crippen molar-refractivity contribution in [1.29, 1.82) is 0 Å². The first-order valence-corrected chi connectivity index (χ1v) is 6.53. The topological polar surface area (TPSA) is 45.1 Å². The van der Waals surface area contributed by atoms with Crippen molar-refractivity contribution >= 4 is 21.6 Å². The van der Waals surface area contributed by atoms with Gasteiger partial charge in [-0.15, -0.1) is 0 Å². The van der Waals surface area contributed by atoms with Crippen LogP contribution in [0.25, 0.3) is 0 Å². The van der Waals surface area contributed by atoms with Gasteiger partial charge in [0.25, 0.3) is 0 Å². The third-order valence-corrected chi connectivity index (χ3v) is 3.66. The van der Waals surface area contributed by atoms with E-state index in [1.54, 1.807) is 12.4 Å². The molecule has 1 aliphatic rings. The quantitative estimate of drug-likeness (QED) is 0.897. The number of aromatic nitrogens is 1. The molecular weight excluding hydrogens is 268 g/mol. The Morgan fingerprint density at radius 1 is 1.31 bits per heavy atom. The summed E-state index contributed by atoms with van der Waals surface area (Å²) in [5.41, 5.74) is 0.839. The van der Waals surface area contributed by atoms with Crippen LogP contribution in [0.1, 0.15) is 32.1 Å². The van der Waals surface area contributed by atoms with Gasteiger partial charge in [-0.25, -0.2) is 0 Å². The first-order chi connectivity index (χ1) is 7.74. The van der Waals surface area contributed by atoms with Gasteiger partial charge in [-0.1, -0.05) is 19.3 Å². The summed E-state index contributed by atoms with van der Waals surface area (Å²) in [6.45, 7) is 0.194. The average molecular weight is 285 g/mol. The SMILES string of the molecule is OCC1(Nc2cncc(Br)c2)CCCCC1. The third kappa shape index (κ3) is 2.74. The van der Waals surface area contributed by atoms with Gasteiger partial charge in [0.15, 0.2) is 0 Å². The zero-order valence-electron chi connectivity index (χ0n) is 9.25. The highest BCUT2D eigenvalue weighted by atomic mass is 79.9. The summed E-state index contributed by atoms with van der Waals surface area (Å²) in [5.74, 6) is 0. The smallest absolute Gasteiger partial charge is 0.0661 e. The van der Waals surface area contributed by atoms with Crippen LogP contribution in [0.2, 0.25) is 0 Å². The minimum Gasteiger partial charge on any atom is -0.394 e. The van der Waals surface area contributed by atoms with Crippen molar-refractivity contribution in [2.24, 2.45) is 0 Å². The van der Waals surface area contributed by atoms with Gasteiger partial charge in [0.1, 0.15) is 0 Å². The number of nitrogens with one attached hydrogen (secondary N) is 1. The molecule has 0 amide bonds. The number of hydrogen-bond acceptors (Lipinski definition) is 3. The van der Waals surface area contributed by atoms with Crippen molar-refractivity contribution in [3.8, 4) is 0 Å². The predicted octanol–water partition coefficient (Wildman–Crippen LogP) is 2.95. The van der Waals surface area contributed by atoms with Crippen LogP contribution in [0.5, 0.6) is 0 Å². The molecule has 3 nitrogen and oxygen atoms in total. The maximum Gasteiger partial charge on any atom is 0.0661 e. The number of pyridine rings is 1. The monoisotopic (exact) mass is 284 g/mol. The fourth-order valence-corrected chi connectivity index (χ4v) is 2.70. The number of anilines is 1. The summed E-state index contributed by atoms with van der Waals surface area (Å²) in [5, 5.41) is 13.0. The van der Waals surface area contributed by atoms with E-state index in [1.807, 2.05) is 6.07 Å². The second-order valence-electron chi connectivity index (χ2n) is 4.52. The molecule has 1 heterocycles. The van der Waals surface area contributed by atoms with Gasteiger partial charge in [-0.3, -0.25) is 4.98 Å². The van der Waals surface area contributed by atoms with E-state index in [0.29, 0.717) is 0 Å². The van der Waals surface area contributed by atoms with E-state index in [2.05, 4.69) is 26.2 Å². The molecule has 0 atom stereocenters. The summed E-state index contributed by atoms with van der Waals surface area (Å²) in [6.07, 6.45) is 9.30. The molecule has 0 aliphatic heterocycles. The van der Waals surface area contributed by atoms with Gasteiger partial charge in [0.05, 0.1) is 24.0 Å². The summed E-state index contributed by atoms with van der Waals surface area (Å²) < 4.78 is 0.960. The molecule has 0 unspecified atom stereocenters. The summed E-state index contributed by atoms with van der Waals surface area (Å²) in [6, 6.07) is 2.00. The molecule has 0 saturated heterocycles. The molecule has 4 heteroatoms. The average Bonchev–Trinajstić information content (AvgIpc) is 2.30. The Hall–Kier alpha value is -0.610. The Balaban J connectivity index is 2.11. The van der Waals surface area contributed by atoms with Crippen molar-refractivity contribution in [3.05, 3.63) is 22.9 Å². The number of nitrogens with zero attached hydrogens (tertiary/aromatic N) is 1. The van der Waals surface area contributed by atoms with Gasteiger partial charge in [0.2, 0.25) is 0 Å². The molecule has 1 saturated carbocycles. The van der Waals surface area contributed by atoms with Crippen molar-refractivity contribution in [1.82, 2.24) is 4.98 Å². The minimum atomic E-state index is -0.138. The largest absolute Gasteiger partial charge is 0.394 e. The lowest BCUT2D eigenvalue weighted by Gasteiger charge is -2.37. The van der Waals surface area contributed by atoms with Gasteiger partial charge in [0, 0.05) is 10.7 Å². The molecule has 1 fully saturated rings. The van der Waals surface area contributed by atoms with Crippen LogP contribution in [0.3, 0.4) is 0 Å². The van der Waals surface area contributed by atoms with E-state index in [-0.39, 0.29) is 12.1 Å². The van der Waals surface area contributed by atoms with Crippen LogP contribution < -0.4 is 5.32 Å². The van der Waals surface area contributed by atoms with E-state index in [4.69, 9.17) is 0 Å². The fraction of sp³-hybridized carbons (Fsp3) is 0.583. The number of aliphatic hydroxyl groups excluding tert-OH is 1. The van der Waals surface area contributed by atoms with Crippen molar-refractivity contribution in [2.75, 3.05) is 11.9 Å².